The first kappa shape index (κ1) is 13.9. The second-order valence-corrected chi connectivity index (χ2v) is 4.15. The van der Waals surface area contributed by atoms with E-state index in [9.17, 15) is 9.59 Å². The number of aromatic amines is 1. The summed E-state index contributed by atoms with van der Waals surface area (Å²) in [6.45, 7) is 2.13. The fraction of sp³-hybridized carbons (Fsp3) is 0.286. The van der Waals surface area contributed by atoms with Crippen LogP contribution in [0, 0.1) is 0 Å². The molecule has 2 rings (SSSR count). The number of ether oxygens (including phenoxy) is 2. The van der Waals surface area contributed by atoms with Crippen LogP contribution < -0.4 is 15.6 Å². The second kappa shape index (κ2) is 6.10. The molecule has 1 amide bonds. The smallest absolute Gasteiger partial charge is 0.407 e. The molecule has 0 aliphatic carbocycles. The summed E-state index contributed by atoms with van der Waals surface area (Å²) in [6.07, 6.45) is -0.540. The molecule has 106 valence electrons. The maximum Gasteiger partial charge on any atom is 0.407 e. The van der Waals surface area contributed by atoms with Gasteiger partial charge >= 0.3 is 6.09 Å². The van der Waals surface area contributed by atoms with Gasteiger partial charge in [0.25, 0.3) is 5.56 Å². The van der Waals surface area contributed by atoms with Crippen molar-refractivity contribution in [3.05, 3.63) is 40.2 Å². The highest BCUT2D eigenvalue weighted by Gasteiger charge is 2.06. The van der Waals surface area contributed by atoms with Crippen LogP contribution in [0.4, 0.5) is 4.79 Å². The van der Waals surface area contributed by atoms with Crippen LogP contribution in [-0.4, -0.2) is 24.8 Å². The largest absolute Gasteiger partial charge is 0.497 e. The van der Waals surface area contributed by atoms with E-state index in [0.717, 1.165) is 5.39 Å². The Kier molecular flexibility index (Phi) is 4.24. The fourth-order valence-electron chi connectivity index (χ4n) is 1.83. The van der Waals surface area contributed by atoms with Crippen LogP contribution in [-0.2, 0) is 11.3 Å². The number of alkyl carbamates (subject to hydrolysis) is 1. The van der Waals surface area contributed by atoms with Crippen molar-refractivity contribution in [2.75, 3.05) is 13.7 Å². The summed E-state index contributed by atoms with van der Waals surface area (Å²) in [7, 11) is 1.57. The molecule has 1 aromatic carbocycles. The summed E-state index contributed by atoms with van der Waals surface area (Å²) in [5.41, 5.74) is 0.910. The maximum absolute atomic E-state index is 11.9. The summed E-state index contributed by atoms with van der Waals surface area (Å²) in [6, 6.07) is 7.14. The summed E-state index contributed by atoms with van der Waals surface area (Å²) in [5, 5.41) is 3.39. The number of fused-ring (bicyclic) bond motifs is 1. The van der Waals surface area contributed by atoms with Crippen molar-refractivity contribution in [2.45, 2.75) is 13.5 Å². The minimum Gasteiger partial charge on any atom is -0.497 e. The number of amides is 1. The third kappa shape index (κ3) is 3.09. The number of benzene rings is 1. The van der Waals surface area contributed by atoms with Crippen molar-refractivity contribution in [1.82, 2.24) is 10.3 Å². The number of pyridine rings is 1. The van der Waals surface area contributed by atoms with E-state index < -0.39 is 6.09 Å². The topological polar surface area (TPSA) is 80.4 Å². The lowest BCUT2D eigenvalue weighted by Crippen LogP contribution is -2.27. The summed E-state index contributed by atoms with van der Waals surface area (Å²) >= 11 is 0. The first-order valence-electron chi connectivity index (χ1n) is 6.24. The third-order valence-corrected chi connectivity index (χ3v) is 2.83. The quantitative estimate of drug-likeness (QED) is 0.892. The SMILES string of the molecule is CCOC(=O)NCc1cc2ccc(OC)cc2[nH]c1=O. The Morgan fingerprint density at radius 2 is 2.15 bits per heavy atom. The van der Waals surface area contributed by atoms with Gasteiger partial charge in [-0.05, 0) is 30.5 Å². The van der Waals surface area contributed by atoms with Crippen molar-refractivity contribution >= 4 is 17.0 Å². The maximum atomic E-state index is 11.9. The van der Waals surface area contributed by atoms with E-state index in [-0.39, 0.29) is 12.1 Å². The molecular formula is C14H16N2O4. The minimum absolute atomic E-state index is 0.121. The Bertz CT molecular complexity index is 678. The van der Waals surface area contributed by atoms with Crippen molar-refractivity contribution in [3.8, 4) is 5.75 Å². The van der Waals surface area contributed by atoms with Crippen LogP contribution in [0.1, 0.15) is 12.5 Å². The number of hydrogen-bond donors (Lipinski definition) is 2. The van der Waals surface area contributed by atoms with Gasteiger partial charge in [-0.3, -0.25) is 4.79 Å². The molecule has 20 heavy (non-hydrogen) atoms. The lowest BCUT2D eigenvalue weighted by atomic mass is 10.1. The molecular weight excluding hydrogens is 260 g/mol. The van der Waals surface area contributed by atoms with Crippen molar-refractivity contribution in [1.29, 1.82) is 0 Å². The first-order chi connectivity index (χ1) is 9.63. The molecule has 0 aliphatic heterocycles. The molecule has 6 heteroatoms. The number of rotatable bonds is 4. The van der Waals surface area contributed by atoms with E-state index in [1.165, 1.54) is 0 Å². The van der Waals surface area contributed by atoms with Gasteiger partial charge in [0.2, 0.25) is 0 Å². The van der Waals surface area contributed by atoms with Crippen molar-refractivity contribution < 1.29 is 14.3 Å². The van der Waals surface area contributed by atoms with Crippen LogP contribution in [0.5, 0.6) is 5.75 Å². The van der Waals surface area contributed by atoms with Crippen LogP contribution >= 0.6 is 0 Å². The number of carbonyl (C=O) groups excluding carboxylic acids is 1. The molecule has 0 unspecified atom stereocenters. The molecule has 2 N–H and O–H groups in total. The van der Waals surface area contributed by atoms with E-state index >= 15 is 0 Å². The average Bonchev–Trinajstić information content (AvgIpc) is 2.44. The molecule has 0 aliphatic rings. The molecule has 2 aromatic rings. The van der Waals surface area contributed by atoms with E-state index in [4.69, 9.17) is 9.47 Å². The van der Waals surface area contributed by atoms with Crippen LogP contribution in [0.3, 0.4) is 0 Å². The highest BCUT2D eigenvalue weighted by Crippen LogP contribution is 2.18. The molecule has 0 saturated heterocycles. The lowest BCUT2D eigenvalue weighted by Gasteiger charge is -2.07. The van der Waals surface area contributed by atoms with E-state index in [0.29, 0.717) is 23.4 Å². The summed E-state index contributed by atoms with van der Waals surface area (Å²) in [5.74, 6) is 0.672. The monoisotopic (exact) mass is 276 g/mol. The van der Waals surface area contributed by atoms with Crippen LogP contribution in [0.2, 0.25) is 0 Å². The Labute approximate surface area is 115 Å². The van der Waals surface area contributed by atoms with E-state index in [1.54, 1.807) is 26.2 Å². The molecule has 0 atom stereocenters. The molecule has 0 bridgehead atoms. The zero-order valence-electron chi connectivity index (χ0n) is 11.4. The van der Waals surface area contributed by atoms with Gasteiger partial charge in [-0.25, -0.2) is 4.79 Å². The number of carbonyl (C=O) groups is 1. The molecule has 0 fully saturated rings. The summed E-state index contributed by atoms with van der Waals surface area (Å²) in [4.78, 5) is 25.9. The highest BCUT2D eigenvalue weighted by atomic mass is 16.5. The van der Waals surface area contributed by atoms with Gasteiger partial charge in [-0.2, -0.15) is 0 Å². The zero-order chi connectivity index (χ0) is 14.5. The van der Waals surface area contributed by atoms with Crippen molar-refractivity contribution in [2.24, 2.45) is 0 Å². The molecule has 0 spiro atoms. The van der Waals surface area contributed by atoms with Gasteiger partial charge in [-0.1, -0.05) is 0 Å². The van der Waals surface area contributed by atoms with Gasteiger partial charge in [0.05, 0.1) is 25.8 Å². The highest BCUT2D eigenvalue weighted by molar-refractivity contribution is 5.80. The molecule has 6 nitrogen and oxygen atoms in total. The normalized spacial score (nSPS) is 10.3. The molecule has 1 aromatic heterocycles. The first-order valence-corrected chi connectivity index (χ1v) is 6.24. The number of H-pyrrole nitrogens is 1. The Morgan fingerprint density at radius 1 is 1.35 bits per heavy atom. The zero-order valence-corrected chi connectivity index (χ0v) is 11.4. The standard InChI is InChI=1S/C14H16N2O4/c1-3-20-14(18)15-8-10-6-9-4-5-11(19-2)7-12(9)16-13(10)17/h4-7H,3,8H2,1-2H3,(H,15,18)(H,16,17). The van der Waals surface area contributed by atoms with Gasteiger partial charge < -0.3 is 19.8 Å². The van der Waals surface area contributed by atoms with Crippen molar-refractivity contribution in [3.63, 3.8) is 0 Å². The molecule has 1 heterocycles. The van der Waals surface area contributed by atoms with Gasteiger partial charge in [0, 0.05) is 11.6 Å². The molecule has 0 radical (unpaired) electrons. The predicted molar refractivity (Wildman–Crippen MR) is 75.0 cm³/mol. The summed E-state index contributed by atoms with van der Waals surface area (Å²) < 4.78 is 9.85. The Morgan fingerprint density at radius 3 is 2.85 bits per heavy atom. The fourth-order valence-corrected chi connectivity index (χ4v) is 1.83. The van der Waals surface area contributed by atoms with Gasteiger partial charge in [-0.15, -0.1) is 0 Å². The number of nitrogens with one attached hydrogen (secondary N) is 2. The van der Waals surface area contributed by atoms with Crippen LogP contribution in [0.15, 0.2) is 29.1 Å². The molecule has 0 saturated carbocycles. The van der Waals surface area contributed by atoms with Crippen LogP contribution in [0.25, 0.3) is 10.9 Å². The Hall–Kier alpha value is -2.50. The predicted octanol–water partition coefficient (Wildman–Crippen LogP) is 1.78. The lowest BCUT2D eigenvalue weighted by molar-refractivity contribution is 0.151. The number of aromatic nitrogens is 1. The average molecular weight is 276 g/mol. The van der Waals surface area contributed by atoms with Gasteiger partial charge in [0.15, 0.2) is 0 Å². The second-order valence-electron chi connectivity index (χ2n) is 4.15. The van der Waals surface area contributed by atoms with E-state index in [1.807, 2.05) is 12.1 Å². The number of hydrogen-bond acceptors (Lipinski definition) is 4. The van der Waals surface area contributed by atoms with Gasteiger partial charge in [0.1, 0.15) is 5.75 Å². The number of methoxy groups -OCH3 is 1. The Balaban J connectivity index is 2.24. The minimum atomic E-state index is -0.540. The third-order valence-electron chi connectivity index (χ3n) is 2.83. The van der Waals surface area contributed by atoms with E-state index in [2.05, 4.69) is 10.3 Å².